The maximum Gasteiger partial charge on any atom is 0.0685 e. The lowest BCUT2D eigenvalue weighted by Crippen LogP contribution is -2.46. The molecule has 3 heteroatoms. The Kier molecular flexibility index (Phi) is 4.79. The van der Waals surface area contributed by atoms with Crippen molar-refractivity contribution in [2.45, 2.75) is 63.5 Å². The lowest BCUT2D eigenvalue weighted by Gasteiger charge is -2.41. The summed E-state index contributed by atoms with van der Waals surface area (Å²) < 4.78 is 6.19. The number of rotatable bonds is 5. The van der Waals surface area contributed by atoms with E-state index < -0.39 is 0 Å². The summed E-state index contributed by atoms with van der Waals surface area (Å²) in [7, 11) is 0. The summed E-state index contributed by atoms with van der Waals surface area (Å²) in [6, 6.07) is 2.90. The molecular formula is C17H27NOS. The Hall–Kier alpha value is -0.380. The third-order valence-electron chi connectivity index (χ3n) is 5.12. The molecule has 1 saturated carbocycles. The number of hydrogen-bond acceptors (Lipinski definition) is 3. The summed E-state index contributed by atoms with van der Waals surface area (Å²) in [6.07, 6.45) is 8.99. The van der Waals surface area contributed by atoms with E-state index >= 15 is 0 Å². The smallest absolute Gasteiger partial charge is 0.0685 e. The highest BCUT2D eigenvalue weighted by Crippen LogP contribution is 2.43. The normalized spacial score (nSPS) is 26.9. The van der Waals surface area contributed by atoms with Gasteiger partial charge in [0.15, 0.2) is 0 Å². The molecule has 20 heavy (non-hydrogen) atoms. The highest BCUT2D eigenvalue weighted by atomic mass is 32.1. The highest BCUT2D eigenvalue weighted by molar-refractivity contribution is 7.07. The van der Waals surface area contributed by atoms with Crippen molar-refractivity contribution in [3.63, 3.8) is 0 Å². The van der Waals surface area contributed by atoms with Crippen LogP contribution in [-0.4, -0.2) is 24.8 Å². The van der Waals surface area contributed by atoms with Crippen LogP contribution in [0.5, 0.6) is 0 Å². The van der Waals surface area contributed by atoms with E-state index in [1.54, 1.807) is 0 Å². The first kappa shape index (κ1) is 14.6. The van der Waals surface area contributed by atoms with E-state index in [1.807, 2.05) is 11.3 Å². The number of thiophene rings is 1. The minimum absolute atomic E-state index is 0.241. The third-order valence-corrected chi connectivity index (χ3v) is 5.85. The van der Waals surface area contributed by atoms with Crippen molar-refractivity contribution in [1.29, 1.82) is 0 Å². The standard InChI is InChI=1S/C17H27NOS/c1-2-18-16(11-14-6-10-20-13-14)15-5-9-19-17(12-15)7-3-4-8-17/h6,10,13,15-16,18H,2-5,7-9,11-12H2,1H3. The first-order chi connectivity index (χ1) is 9.81. The van der Waals surface area contributed by atoms with Crippen LogP contribution in [0.25, 0.3) is 0 Å². The van der Waals surface area contributed by atoms with Crippen molar-refractivity contribution in [3.8, 4) is 0 Å². The van der Waals surface area contributed by atoms with Gasteiger partial charge in [0.1, 0.15) is 0 Å². The number of likely N-dealkylation sites (N-methyl/N-ethyl adjacent to an activating group) is 1. The highest BCUT2D eigenvalue weighted by Gasteiger charge is 2.41. The second-order valence-corrected chi connectivity index (χ2v) is 7.27. The zero-order valence-corrected chi connectivity index (χ0v) is 13.4. The molecule has 2 aliphatic rings. The van der Waals surface area contributed by atoms with Gasteiger partial charge in [-0.3, -0.25) is 0 Å². The molecule has 0 amide bonds. The van der Waals surface area contributed by atoms with Crippen molar-refractivity contribution in [3.05, 3.63) is 22.4 Å². The molecular weight excluding hydrogens is 266 g/mol. The van der Waals surface area contributed by atoms with Crippen molar-refractivity contribution in [2.24, 2.45) is 5.92 Å². The van der Waals surface area contributed by atoms with Crippen molar-refractivity contribution in [1.82, 2.24) is 5.32 Å². The molecule has 1 aromatic heterocycles. The van der Waals surface area contributed by atoms with Gasteiger partial charge in [-0.25, -0.2) is 0 Å². The van der Waals surface area contributed by atoms with Crippen LogP contribution in [0.4, 0.5) is 0 Å². The van der Waals surface area contributed by atoms with Crippen LogP contribution in [0.15, 0.2) is 16.8 Å². The summed E-state index contributed by atoms with van der Waals surface area (Å²) in [5.74, 6) is 0.779. The zero-order valence-electron chi connectivity index (χ0n) is 12.6. The first-order valence-corrected chi connectivity index (χ1v) is 9.14. The van der Waals surface area contributed by atoms with Gasteiger partial charge in [0.25, 0.3) is 0 Å². The number of ether oxygens (including phenoxy) is 1. The average molecular weight is 293 g/mol. The van der Waals surface area contributed by atoms with Crippen LogP contribution >= 0.6 is 11.3 Å². The van der Waals surface area contributed by atoms with Crippen molar-refractivity contribution < 1.29 is 4.74 Å². The van der Waals surface area contributed by atoms with Gasteiger partial charge in [-0.1, -0.05) is 19.8 Å². The van der Waals surface area contributed by atoms with Gasteiger partial charge < -0.3 is 10.1 Å². The van der Waals surface area contributed by atoms with Gasteiger partial charge in [-0.15, -0.1) is 0 Å². The molecule has 1 aliphatic heterocycles. The van der Waals surface area contributed by atoms with Gasteiger partial charge >= 0.3 is 0 Å². The Bertz CT molecular complexity index is 397. The summed E-state index contributed by atoms with van der Waals surface area (Å²) >= 11 is 1.81. The van der Waals surface area contributed by atoms with E-state index in [0.29, 0.717) is 6.04 Å². The molecule has 2 heterocycles. The first-order valence-electron chi connectivity index (χ1n) is 8.20. The molecule has 2 fully saturated rings. The Labute approximate surface area is 126 Å². The number of hydrogen-bond donors (Lipinski definition) is 1. The maximum absolute atomic E-state index is 6.19. The van der Waals surface area contributed by atoms with Crippen LogP contribution in [0, 0.1) is 5.92 Å². The monoisotopic (exact) mass is 293 g/mol. The molecule has 1 aromatic rings. The van der Waals surface area contributed by atoms with Crippen LogP contribution in [0.3, 0.4) is 0 Å². The molecule has 3 rings (SSSR count). The summed E-state index contributed by atoms with van der Waals surface area (Å²) in [5, 5.41) is 8.24. The molecule has 1 N–H and O–H groups in total. The molecule has 0 bridgehead atoms. The Morgan fingerprint density at radius 1 is 1.45 bits per heavy atom. The zero-order chi connectivity index (χ0) is 13.8. The summed E-state index contributed by atoms with van der Waals surface area (Å²) in [4.78, 5) is 0. The fraction of sp³-hybridized carbons (Fsp3) is 0.765. The molecule has 1 saturated heterocycles. The largest absolute Gasteiger partial charge is 0.375 e. The molecule has 2 unspecified atom stereocenters. The van der Waals surface area contributed by atoms with E-state index in [-0.39, 0.29) is 5.60 Å². The van der Waals surface area contributed by atoms with E-state index in [0.717, 1.165) is 19.1 Å². The molecule has 1 spiro atoms. The fourth-order valence-electron chi connectivity index (χ4n) is 4.11. The van der Waals surface area contributed by atoms with E-state index in [1.165, 1.54) is 50.5 Å². The van der Waals surface area contributed by atoms with Crippen LogP contribution in [0.2, 0.25) is 0 Å². The molecule has 2 nitrogen and oxygen atoms in total. The van der Waals surface area contributed by atoms with E-state index in [2.05, 4.69) is 29.1 Å². The average Bonchev–Trinajstić information content (AvgIpc) is 3.11. The van der Waals surface area contributed by atoms with Gasteiger partial charge in [0, 0.05) is 12.6 Å². The Balaban J connectivity index is 1.66. The summed E-state index contributed by atoms with van der Waals surface area (Å²) in [6.45, 7) is 4.26. The van der Waals surface area contributed by atoms with Crippen molar-refractivity contribution in [2.75, 3.05) is 13.2 Å². The van der Waals surface area contributed by atoms with Gasteiger partial charge in [-0.05, 0) is 67.0 Å². The quantitative estimate of drug-likeness (QED) is 0.885. The minimum atomic E-state index is 0.241. The molecule has 1 aliphatic carbocycles. The second kappa shape index (κ2) is 6.59. The summed E-state index contributed by atoms with van der Waals surface area (Å²) in [5.41, 5.74) is 1.73. The molecule has 2 atom stereocenters. The number of nitrogens with one attached hydrogen (secondary N) is 1. The predicted octanol–water partition coefficient (Wildman–Crippen LogP) is 4.01. The maximum atomic E-state index is 6.19. The van der Waals surface area contributed by atoms with Crippen LogP contribution < -0.4 is 5.32 Å². The van der Waals surface area contributed by atoms with E-state index in [9.17, 15) is 0 Å². The molecule has 0 radical (unpaired) electrons. The molecule has 0 aromatic carbocycles. The van der Waals surface area contributed by atoms with Gasteiger partial charge in [0.05, 0.1) is 5.60 Å². The van der Waals surface area contributed by atoms with Crippen LogP contribution in [-0.2, 0) is 11.2 Å². The second-order valence-electron chi connectivity index (χ2n) is 6.49. The predicted molar refractivity (Wildman–Crippen MR) is 85.4 cm³/mol. The SMILES string of the molecule is CCNC(Cc1ccsc1)C1CCOC2(CCCC2)C1. The lowest BCUT2D eigenvalue weighted by molar-refractivity contribution is -0.0978. The van der Waals surface area contributed by atoms with Crippen molar-refractivity contribution >= 4 is 11.3 Å². The minimum Gasteiger partial charge on any atom is -0.375 e. The van der Waals surface area contributed by atoms with Gasteiger partial charge in [0.2, 0.25) is 0 Å². The van der Waals surface area contributed by atoms with E-state index in [4.69, 9.17) is 4.74 Å². The van der Waals surface area contributed by atoms with Crippen LogP contribution in [0.1, 0.15) is 51.0 Å². The molecule has 112 valence electrons. The topological polar surface area (TPSA) is 21.3 Å². The van der Waals surface area contributed by atoms with Gasteiger partial charge in [-0.2, -0.15) is 11.3 Å². The fourth-order valence-corrected chi connectivity index (χ4v) is 4.79. The third kappa shape index (κ3) is 3.26. The lowest BCUT2D eigenvalue weighted by atomic mass is 9.79. The Morgan fingerprint density at radius 2 is 2.30 bits per heavy atom. The Morgan fingerprint density at radius 3 is 3.00 bits per heavy atom.